The largest absolute Gasteiger partial charge is 0.493 e. The van der Waals surface area contributed by atoms with Crippen molar-refractivity contribution in [3.05, 3.63) is 56.5 Å². The molecule has 0 saturated carbocycles. The number of halogens is 1. The summed E-state index contributed by atoms with van der Waals surface area (Å²) in [5.41, 5.74) is -2.51. The molecule has 1 unspecified atom stereocenters. The lowest BCUT2D eigenvalue weighted by atomic mass is 10.2. The SMILES string of the molecule is CS(=O)(=O)CCC(N=Cc1c(O)n(-c2ccc(F)cc2)c(=O)[nH]c1=O)C(=O)O. The quantitative estimate of drug-likeness (QED) is 0.524. The fraction of sp³-hybridized carbons (Fsp3) is 0.250. The number of aliphatic carboxylic acids is 1. The number of nitrogens with zero attached hydrogens (tertiary/aromatic N) is 2. The van der Waals surface area contributed by atoms with Crippen LogP contribution in [0.4, 0.5) is 4.39 Å². The number of nitrogens with one attached hydrogen (secondary N) is 1. The minimum atomic E-state index is -3.43. The Kier molecular flexibility index (Phi) is 6.13. The fourth-order valence-corrected chi connectivity index (χ4v) is 2.89. The molecule has 0 fully saturated rings. The van der Waals surface area contributed by atoms with Gasteiger partial charge in [-0.05, 0) is 30.7 Å². The van der Waals surface area contributed by atoms with Crippen molar-refractivity contribution in [3.8, 4) is 11.6 Å². The van der Waals surface area contributed by atoms with Crippen molar-refractivity contribution in [3.63, 3.8) is 0 Å². The van der Waals surface area contributed by atoms with E-state index in [-0.39, 0.29) is 12.1 Å². The van der Waals surface area contributed by atoms with Crippen LogP contribution in [0, 0.1) is 5.82 Å². The van der Waals surface area contributed by atoms with Crippen LogP contribution < -0.4 is 11.2 Å². The van der Waals surface area contributed by atoms with Crippen LogP contribution in [0.1, 0.15) is 12.0 Å². The van der Waals surface area contributed by atoms with E-state index in [2.05, 4.69) is 4.99 Å². The fourth-order valence-electron chi connectivity index (χ4n) is 2.24. The molecule has 1 aromatic heterocycles. The van der Waals surface area contributed by atoms with Gasteiger partial charge >= 0.3 is 11.7 Å². The van der Waals surface area contributed by atoms with Gasteiger partial charge in [0.15, 0.2) is 0 Å². The van der Waals surface area contributed by atoms with E-state index in [0.29, 0.717) is 4.57 Å². The van der Waals surface area contributed by atoms with Gasteiger partial charge < -0.3 is 10.2 Å². The number of hydrogen-bond acceptors (Lipinski definition) is 7. The van der Waals surface area contributed by atoms with Gasteiger partial charge in [-0.2, -0.15) is 0 Å². The Bertz CT molecular complexity index is 1130. The Hall–Kier alpha value is -3.28. The molecule has 2 aromatic rings. The smallest absolute Gasteiger partial charge is 0.335 e. The summed E-state index contributed by atoms with van der Waals surface area (Å²) in [6.07, 6.45) is 1.33. The Morgan fingerprint density at radius 2 is 1.93 bits per heavy atom. The van der Waals surface area contributed by atoms with E-state index in [9.17, 15) is 32.3 Å². The maximum atomic E-state index is 13.1. The molecule has 0 aliphatic carbocycles. The van der Waals surface area contributed by atoms with Crippen molar-refractivity contribution in [1.29, 1.82) is 0 Å². The van der Waals surface area contributed by atoms with Crippen LogP contribution in [0.5, 0.6) is 5.88 Å². The second-order valence-electron chi connectivity index (χ2n) is 5.86. The number of carbonyl (C=O) groups is 1. The molecule has 1 heterocycles. The summed E-state index contributed by atoms with van der Waals surface area (Å²) in [5, 5.41) is 19.4. The second kappa shape index (κ2) is 8.17. The molecular formula is C16H16FN3O7S. The molecule has 0 bridgehead atoms. The number of hydrogen-bond donors (Lipinski definition) is 3. The lowest BCUT2D eigenvalue weighted by molar-refractivity contribution is -0.138. The molecule has 0 spiro atoms. The van der Waals surface area contributed by atoms with E-state index < -0.39 is 56.1 Å². The van der Waals surface area contributed by atoms with Crippen LogP contribution >= 0.6 is 0 Å². The zero-order valence-electron chi connectivity index (χ0n) is 14.5. The van der Waals surface area contributed by atoms with Gasteiger partial charge in [0.25, 0.3) is 5.56 Å². The lowest BCUT2D eigenvalue weighted by Gasteiger charge is -2.10. The molecule has 1 aromatic carbocycles. The predicted molar refractivity (Wildman–Crippen MR) is 97.6 cm³/mol. The van der Waals surface area contributed by atoms with Crippen molar-refractivity contribution >= 4 is 22.0 Å². The predicted octanol–water partition coefficient (Wildman–Crippen LogP) is -0.323. The third-order valence-electron chi connectivity index (χ3n) is 3.64. The Balaban J connectivity index is 2.47. The lowest BCUT2D eigenvalue weighted by Crippen LogP contribution is -2.31. The second-order valence-corrected chi connectivity index (χ2v) is 8.12. The number of sulfone groups is 1. The molecule has 0 radical (unpaired) electrons. The number of aliphatic imine (C=N–C) groups is 1. The Morgan fingerprint density at radius 1 is 1.32 bits per heavy atom. The highest BCUT2D eigenvalue weighted by Crippen LogP contribution is 2.16. The van der Waals surface area contributed by atoms with Crippen LogP contribution in [0.15, 0.2) is 38.8 Å². The highest BCUT2D eigenvalue weighted by atomic mass is 32.2. The minimum absolute atomic E-state index is 0.0432. The van der Waals surface area contributed by atoms with Crippen molar-refractivity contribution in [2.45, 2.75) is 12.5 Å². The van der Waals surface area contributed by atoms with E-state index >= 15 is 0 Å². The number of aromatic nitrogens is 2. The minimum Gasteiger partial charge on any atom is -0.493 e. The van der Waals surface area contributed by atoms with Gasteiger partial charge in [-0.3, -0.25) is 14.8 Å². The molecule has 2 rings (SSSR count). The molecule has 1 atom stereocenters. The molecule has 0 aliphatic rings. The Morgan fingerprint density at radius 3 is 2.46 bits per heavy atom. The van der Waals surface area contributed by atoms with E-state index in [0.717, 1.165) is 24.6 Å². The molecule has 0 saturated heterocycles. The molecular weight excluding hydrogens is 397 g/mol. The summed E-state index contributed by atoms with van der Waals surface area (Å²) in [4.78, 5) is 40.8. The van der Waals surface area contributed by atoms with Gasteiger partial charge in [-0.15, -0.1) is 0 Å². The number of aromatic amines is 1. The number of aromatic hydroxyl groups is 1. The monoisotopic (exact) mass is 413 g/mol. The summed E-state index contributed by atoms with van der Waals surface area (Å²) in [6, 6.07) is 2.95. The average Bonchev–Trinajstić information content (AvgIpc) is 2.57. The molecule has 0 aliphatic heterocycles. The molecule has 150 valence electrons. The number of H-pyrrole nitrogens is 1. The van der Waals surface area contributed by atoms with Crippen molar-refractivity contribution in [2.75, 3.05) is 12.0 Å². The van der Waals surface area contributed by atoms with Crippen LogP contribution in [0.3, 0.4) is 0 Å². The molecule has 10 nitrogen and oxygen atoms in total. The van der Waals surface area contributed by atoms with Gasteiger partial charge in [-0.25, -0.2) is 27.0 Å². The van der Waals surface area contributed by atoms with Crippen LogP contribution in [-0.4, -0.2) is 58.4 Å². The zero-order chi connectivity index (χ0) is 21.1. The van der Waals surface area contributed by atoms with Crippen molar-refractivity contribution in [2.24, 2.45) is 4.99 Å². The summed E-state index contributed by atoms with van der Waals surface area (Å²) in [6.45, 7) is 0. The molecule has 12 heteroatoms. The number of rotatable bonds is 7. The van der Waals surface area contributed by atoms with Crippen LogP contribution in [0.25, 0.3) is 5.69 Å². The average molecular weight is 413 g/mol. The zero-order valence-corrected chi connectivity index (χ0v) is 15.3. The first-order valence-electron chi connectivity index (χ1n) is 7.77. The van der Waals surface area contributed by atoms with Gasteiger partial charge in [0.2, 0.25) is 5.88 Å². The summed E-state index contributed by atoms with van der Waals surface area (Å²) in [5.74, 6) is -3.30. The standard InChI is InChI=1S/C16H16FN3O7S/c1-28(26,27)7-6-12(15(23)24)18-8-11-13(21)19-16(25)20(14(11)22)10-4-2-9(17)3-5-10/h2-5,8,12,22H,6-7H2,1H3,(H,23,24)(H,19,21,25). The summed E-state index contributed by atoms with van der Waals surface area (Å²) >= 11 is 0. The van der Waals surface area contributed by atoms with Crippen LogP contribution in [0.2, 0.25) is 0 Å². The Labute approximate surface area is 157 Å². The van der Waals surface area contributed by atoms with Gasteiger partial charge in [0.1, 0.15) is 27.3 Å². The molecule has 0 amide bonds. The first kappa shape index (κ1) is 21.0. The number of carboxylic acid groups (broad SMARTS) is 1. The van der Waals surface area contributed by atoms with E-state index in [1.165, 1.54) is 12.1 Å². The normalized spacial score (nSPS) is 12.9. The van der Waals surface area contributed by atoms with Crippen LogP contribution in [-0.2, 0) is 14.6 Å². The molecule has 3 N–H and O–H groups in total. The summed E-state index contributed by atoms with van der Waals surface area (Å²) < 4.78 is 36.1. The van der Waals surface area contributed by atoms with E-state index in [4.69, 9.17) is 5.11 Å². The third kappa shape index (κ3) is 5.13. The number of carboxylic acids is 1. The van der Waals surface area contributed by atoms with Crippen molar-refractivity contribution in [1.82, 2.24) is 9.55 Å². The first-order valence-corrected chi connectivity index (χ1v) is 9.83. The summed E-state index contributed by atoms with van der Waals surface area (Å²) in [7, 11) is -3.43. The first-order chi connectivity index (χ1) is 13.0. The highest BCUT2D eigenvalue weighted by Gasteiger charge is 2.19. The van der Waals surface area contributed by atoms with Crippen molar-refractivity contribution < 1.29 is 27.8 Å². The maximum Gasteiger partial charge on any atom is 0.335 e. The van der Waals surface area contributed by atoms with E-state index in [1.807, 2.05) is 4.98 Å². The number of benzene rings is 1. The van der Waals surface area contributed by atoms with Gasteiger partial charge in [0.05, 0.1) is 11.4 Å². The molecule has 28 heavy (non-hydrogen) atoms. The topological polar surface area (TPSA) is 159 Å². The maximum absolute atomic E-state index is 13.1. The van der Waals surface area contributed by atoms with Gasteiger partial charge in [0, 0.05) is 12.5 Å². The third-order valence-corrected chi connectivity index (χ3v) is 4.61. The van der Waals surface area contributed by atoms with E-state index in [1.54, 1.807) is 0 Å². The highest BCUT2D eigenvalue weighted by molar-refractivity contribution is 7.90. The van der Waals surface area contributed by atoms with Gasteiger partial charge in [-0.1, -0.05) is 0 Å².